The van der Waals surface area contributed by atoms with Crippen molar-refractivity contribution in [3.63, 3.8) is 0 Å². The van der Waals surface area contributed by atoms with E-state index in [0.717, 1.165) is 10.0 Å². The van der Waals surface area contributed by atoms with Gasteiger partial charge in [0, 0.05) is 22.2 Å². The monoisotopic (exact) mass is 497 g/mol. The van der Waals surface area contributed by atoms with Crippen molar-refractivity contribution >= 4 is 45.1 Å². The molecule has 3 aromatic rings. The molecule has 152 valence electrons. The summed E-state index contributed by atoms with van der Waals surface area (Å²) in [7, 11) is 1.58. The summed E-state index contributed by atoms with van der Waals surface area (Å²) in [5, 5.41) is 15.8. The Balaban J connectivity index is 1.75. The van der Waals surface area contributed by atoms with Crippen molar-refractivity contribution in [2.75, 3.05) is 12.4 Å². The van der Waals surface area contributed by atoms with Crippen LogP contribution in [0.5, 0.6) is 11.5 Å². The van der Waals surface area contributed by atoms with Gasteiger partial charge in [-0.3, -0.25) is 0 Å². The molecule has 2 aromatic carbocycles. The van der Waals surface area contributed by atoms with Crippen molar-refractivity contribution in [2.24, 2.45) is 0 Å². The molecule has 0 saturated heterocycles. The third kappa shape index (κ3) is 5.20. The topological polar surface area (TPSA) is 74.1 Å². The average Bonchev–Trinajstić information content (AvgIpc) is 3.14. The van der Waals surface area contributed by atoms with Crippen LogP contribution in [0, 0.1) is 0 Å². The number of hydrogen-bond donors (Lipinski definition) is 1. The van der Waals surface area contributed by atoms with Crippen molar-refractivity contribution < 1.29 is 9.47 Å². The number of aromatic nitrogens is 4. The van der Waals surface area contributed by atoms with Gasteiger partial charge in [0.1, 0.15) is 6.61 Å². The molecule has 0 fully saturated rings. The zero-order valence-corrected chi connectivity index (χ0v) is 18.6. The Morgan fingerprint density at radius 1 is 1.28 bits per heavy atom. The van der Waals surface area contributed by atoms with E-state index in [0.29, 0.717) is 46.1 Å². The fraction of sp³-hybridized carbons (Fsp3) is 0.211. The van der Waals surface area contributed by atoms with E-state index in [1.54, 1.807) is 36.1 Å². The number of nitrogens with zero attached hydrogens (tertiary/aromatic N) is 4. The lowest BCUT2D eigenvalue weighted by Gasteiger charge is -2.16. The lowest BCUT2D eigenvalue weighted by Crippen LogP contribution is -2.08. The number of halogens is 3. The number of hydrogen-bond acceptors (Lipinski definition) is 6. The maximum absolute atomic E-state index is 6.22. The van der Waals surface area contributed by atoms with Crippen molar-refractivity contribution in [3.8, 4) is 11.5 Å². The molecule has 0 aliphatic heterocycles. The molecule has 1 N–H and O–H groups in total. The van der Waals surface area contributed by atoms with Crippen molar-refractivity contribution in [2.45, 2.75) is 19.7 Å². The molecule has 0 amide bonds. The molecule has 1 aromatic heterocycles. The van der Waals surface area contributed by atoms with Crippen LogP contribution < -0.4 is 14.8 Å². The second-order valence-corrected chi connectivity index (χ2v) is 7.59. The minimum absolute atomic E-state index is 0.210. The largest absolute Gasteiger partial charge is 0.493 e. The zero-order chi connectivity index (χ0) is 20.8. The van der Waals surface area contributed by atoms with E-state index in [9.17, 15) is 0 Å². The predicted octanol–water partition coefficient (Wildman–Crippen LogP) is 5.13. The van der Waals surface area contributed by atoms with Crippen molar-refractivity contribution in [1.29, 1.82) is 0 Å². The van der Waals surface area contributed by atoms with E-state index in [-0.39, 0.29) is 6.61 Å². The number of tetrazole rings is 1. The number of methoxy groups -OCH3 is 1. The summed E-state index contributed by atoms with van der Waals surface area (Å²) in [5.41, 5.74) is 1.66. The van der Waals surface area contributed by atoms with Crippen LogP contribution in [0.15, 0.2) is 47.5 Å². The van der Waals surface area contributed by atoms with Crippen LogP contribution in [0.3, 0.4) is 0 Å². The number of benzene rings is 2. The van der Waals surface area contributed by atoms with E-state index in [4.69, 9.17) is 32.7 Å². The molecule has 0 aliphatic rings. The van der Waals surface area contributed by atoms with Crippen LogP contribution in [0.2, 0.25) is 10.0 Å². The Kier molecular flexibility index (Phi) is 7.35. The Hall–Kier alpha value is -2.29. The molecular formula is C19H18BrCl2N5O2. The highest BCUT2D eigenvalue weighted by atomic mass is 79.9. The van der Waals surface area contributed by atoms with Gasteiger partial charge in [-0.15, -0.1) is 6.58 Å². The Labute approximate surface area is 186 Å². The summed E-state index contributed by atoms with van der Waals surface area (Å²) in [4.78, 5) is 0. The highest BCUT2D eigenvalue weighted by molar-refractivity contribution is 9.10. The van der Waals surface area contributed by atoms with E-state index < -0.39 is 0 Å². The molecule has 7 nitrogen and oxygen atoms in total. The first kappa shape index (κ1) is 21.4. The third-order valence-electron chi connectivity index (χ3n) is 4.00. The molecule has 0 saturated carbocycles. The summed E-state index contributed by atoms with van der Waals surface area (Å²) >= 11 is 16.0. The normalized spacial score (nSPS) is 10.6. The van der Waals surface area contributed by atoms with Gasteiger partial charge in [-0.1, -0.05) is 40.4 Å². The molecule has 0 atom stereocenters. The van der Waals surface area contributed by atoms with Gasteiger partial charge in [0.05, 0.1) is 18.1 Å². The van der Waals surface area contributed by atoms with Gasteiger partial charge in [0.15, 0.2) is 11.5 Å². The highest BCUT2D eigenvalue weighted by Gasteiger charge is 2.15. The van der Waals surface area contributed by atoms with Crippen LogP contribution in [0.1, 0.15) is 11.1 Å². The predicted molar refractivity (Wildman–Crippen MR) is 117 cm³/mol. The summed E-state index contributed by atoms with van der Waals surface area (Å²) < 4.78 is 13.8. The molecule has 0 unspecified atom stereocenters. The van der Waals surface area contributed by atoms with Gasteiger partial charge in [-0.25, -0.2) is 4.68 Å². The van der Waals surface area contributed by atoms with Crippen LogP contribution in [0.25, 0.3) is 0 Å². The van der Waals surface area contributed by atoms with E-state index >= 15 is 0 Å². The van der Waals surface area contributed by atoms with Crippen LogP contribution in [-0.2, 0) is 19.7 Å². The number of anilines is 1. The number of rotatable bonds is 9. The first-order valence-electron chi connectivity index (χ1n) is 8.56. The Morgan fingerprint density at radius 2 is 2.03 bits per heavy atom. The lowest BCUT2D eigenvalue weighted by atomic mass is 10.2. The minimum Gasteiger partial charge on any atom is -0.493 e. The quantitative estimate of drug-likeness (QED) is 0.412. The summed E-state index contributed by atoms with van der Waals surface area (Å²) in [5.74, 6) is 1.68. The maximum Gasteiger partial charge on any atom is 0.243 e. The van der Waals surface area contributed by atoms with Gasteiger partial charge < -0.3 is 14.8 Å². The molecule has 0 spiro atoms. The molecule has 0 aliphatic carbocycles. The van der Waals surface area contributed by atoms with Gasteiger partial charge in [-0.2, -0.15) is 0 Å². The number of ether oxygens (including phenoxy) is 2. The Morgan fingerprint density at radius 3 is 2.72 bits per heavy atom. The second kappa shape index (κ2) is 9.96. The minimum atomic E-state index is 0.210. The van der Waals surface area contributed by atoms with Crippen molar-refractivity contribution in [3.05, 3.63) is 68.6 Å². The third-order valence-corrected chi connectivity index (χ3v) is 5.29. The SMILES string of the molecule is C=CCn1nnnc1NCc1cc(Br)c(OCc2c(Cl)cccc2Cl)c(OC)c1. The molecule has 29 heavy (non-hydrogen) atoms. The van der Waals surface area contributed by atoms with E-state index in [1.807, 2.05) is 12.1 Å². The fourth-order valence-corrected chi connectivity index (χ4v) is 3.70. The van der Waals surface area contributed by atoms with Crippen molar-refractivity contribution in [1.82, 2.24) is 20.2 Å². The highest BCUT2D eigenvalue weighted by Crippen LogP contribution is 2.38. The van der Waals surface area contributed by atoms with Gasteiger partial charge in [0.25, 0.3) is 0 Å². The molecular weight excluding hydrogens is 481 g/mol. The van der Waals surface area contributed by atoms with Gasteiger partial charge in [-0.05, 0) is 56.2 Å². The first-order valence-corrected chi connectivity index (χ1v) is 10.1. The van der Waals surface area contributed by atoms with Crippen LogP contribution in [0.4, 0.5) is 5.95 Å². The van der Waals surface area contributed by atoms with E-state index in [2.05, 4.69) is 43.4 Å². The summed E-state index contributed by atoms with van der Waals surface area (Å²) in [6.45, 7) is 4.90. The lowest BCUT2D eigenvalue weighted by molar-refractivity contribution is 0.282. The second-order valence-electron chi connectivity index (χ2n) is 5.92. The molecule has 1 heterocycles. The van der Waals surface area contributed by atoms with E-state index in [1.165, 1.54) is 0 Å². The number of nitrogens with one attached hydrogen (secondary N) is 1. The van der Waals surface area contributed by atoms with Crippen LogP contribution >= 0.6 is 39.1 Å². The number of allylic oxidation sites excluding steroid dienone is 1. The van der Waals surface area contributed by atoms with Gasteiger partial charge >= 0.3 is 0 Å². The fourth-order valence-electron chi connectivity index (χ4n) is 2.59. The van der Waals surface area contributed by atoms with Crippen LogP contribution in [-0.4, -0.2) is 27.3 Å². The summed E-state index contributed by atoms with van der Waals surface area (Å²) in [6.07, 6.45) is 1.72. The molecule has 10 heteroatoms. The molecule has 0 radical (unpaired) electrons. The standard InChI is InChI=1S/C19H18BrCl2N5O2/c1-3-7-27-19(24-25-26-27)23-10-12-8-14(20)18(17(9-12)28-2)29-11-13-15(21)5-4-6-16(13)22/h3-6,8-9H,1,7,10-11H2,2H3,(H,23,24,26). The smallest absolute Gasteiger partial charge is 0.243 e. The first-order chi connectivity index (χ1) is 14.0. The summed E-state index contributed by atoms with van der Waals surface area (Å²) in [6, 6.07) is 9.14. The maximum atomic E-state index is 6.22. The average molecular weight is 499 g/mol. The molecule has 3 rings (SSSR count). The molecule has 0 bridgehead atoms. The van der Waals surface area contributed by atoms with Gasteiger partial charge in [0.2, 0.25) is 5.95 Å². The Bertz CT molecular complexity index is 992. The zero-order valence-electron chi connectivity index (χ0n) is 15.5.